The van der Waals surface area contributed by atoms with E-state index < -0.39 is 17.9 Å². The highest BCUT2D eigenvalue weighted by atomic mass is 79.9. The van der Waals surface area contributed by atoms with E-state index in [1.54, 1.807) is 12.1 Å². The second-order valence-electron chi connectivity index (χ2n) is 5.68. The van der Waals surface area contributed by atoms with Gasteiger partial charge in [0, 0.05) is 10.0 Å². The fraction of sp³-hybridized carbons (Fsp3) is 0.167. The summed E-state index contributed by atoms with van der Waals surface area (Å²) >= 11 is 3.29. The molecule has 146 valence electrons. The first-order chi connectivity index (χ1) is 13.3. The van der Waals surface area contributed by atoms with E-state index in [0.29, 0.717) is 4.47 Å². The van der Waals surface area contributed by atoms with Crippen LogP contribution >= 0.6 is 15.9 Å². The highest BCUT2D eigenvalue weighted by Gasteiger charge is 2.34. The Kier molecular flexibility index (Phi) is 5.41. The summed E-state index contributed by atoms with van der Waals surface area (Å²) in [6, 6.07) is 5.34. The molecule has 0 bridgehead atoms. The summed E-state index contributed by atoms with van der Waals surface area (Å²) in [6.45, 7) is -0.174. The Morgan fingerprint density at radius 2 is 2.07 bits per heavy atom. The van der Waals surface area contributed by atoms with Crippen LogP contribution in [0.4, 0.5) is 4.79 Å². The van der Waals surface area contributed by atoms with E-state index >= 15 is 0 Å². The van der Waals surface area contributed by atoms with Gasteiger partial charge in [0.15, 0.2) is 11.5 Å². The number of esters is 1. The standard InChI is InChI=1S/C18H15BrN2O7/c1-26-14-7-10(19)5-9(15(14)22)6-12-16(23)21(18(25)20-12)8-11-3-4-13(28-11)17(24)27-2/h3-7,22H,8H2,1-2H3,(H,20,25)/b12-6+. The minimum absolute atomic E-state index is 0.0276. The average Bonchev–Trinajstić information content (AvgIpc) is 3.24. The number of aromatic hydroxyl groups is 1. The molecule has 0 aliphatic carbocycles. The zero-order valence-corrected chi connectivity index (χ0v) is 16.4. The fourth-order valence-electron chi connectivity index (χ4n) is 2.56. The van der Waals surface area contributed by atoms with E-state index in [9.17, 15) is 19.5 Å². The van der Waals surface area contributed by atoms with E-state index in [1.807, 2.05) is 0 Å². The Morgan fingerprint density at radius 1 is 1.32 bits per heavy atom. The zero-order valence-electron chi connectivity index (χ0n) is 14.8. The predicted molar refractivity (Wildman–Crippen MR) is 99.5 cm³/mol. The van der Waals surface area contributed by atoms with Gasteiger partial charge in [-0.05, 0) is 30.3 Å². The Bertz CT molecular complexity index is 996. The lowest BCUT2D eigenvalue weighted by molar-refractivity contribution is -0.123. The third-order valence-corrected chi connectivity index (χ3v) is 4.37. The van der Waals surface area contributed by atoms with Crippen molar-refractivity contribution in [2.75, 3.05) is 14.2 Å². The fourth-order valence-corrected chi connectivity index (χ4v) is 3.01. The molecule has 2 heterocycles. The summed E-state index contributed by atoms with van der Waals surface area (Å²) in [6.07, 6.45) is 1.34. The van der Waals surface area contributed by atoms with Gasteiger partial charge in [-0.25, -0.2) is 9.59 Å². The average molecular weight is 451 g/mol. The number of halogens is 1. The van der Waals surface area contributed by atoms with Crippen LogP contribution in [0.25, 0.3) is 6.08 Å². The van der Waals surface area contributed by atoms with Gasteiger partial charge in [0.1, 0.15) is 11.5 Å². The Balaban J connectivity index is 1.84. The Labute approximate surface area is 167 Å². The second-order valence-corrected chi connectivity index (χ2v) is 6.60. The highest BCUT2D eigenvalue weighted by molar-refractivity contribution is 9.10. The van der Waals surface area contributed by atoms with E-state index in [4.69, 9.17) is 9.15 Å². The van der Waals surface area contributed by atoms with Crippen LogP contribution in [0.3, 0.4) is 0 Å². The number of carbonyl (C=O) groups is 3. The number of phenolic OH excluding ortho intramolecular Hbond substituents is 1. The van der Waals surface area contributed by atoms with Crippen molar-refractivity contribution in [2.45, 2.75) is 6.54 Å². The van der Waals surface area contributed by atoms with Crippen LogP contribution in [-0.4, -0.2) is 42.1 Å². The van der Waals surface area contributed by atoms with Crippen molar-refractivity contribution in [3.63, 3.8) is 0 Å². The minimum Gasteiger partial charge on any atom is -0.504 e. The number of hydrogen-bond acceptors (Lipinski definition) is 7. The Hall–Kier alpha value is -3.27. The molecule has 1 fully saturated rings. The summed E-state index contributed by atoms with van der Waals surface area (Å²) in [5, 5.41) is 12.7. The van der Waals surface area contributed by atoms with Gasteiger partial charge in [-0.15, -0.1) is 0 Å². The largest absolute Gasteiger partial charge is 0.504 e. The lowest BCUT2D eigenvalue weighted by Gasteiger charge is -2.09. The van der Waals surface area contributed by atoms with Crippen molar-refractivity contribution < 1.29 is 33.4 Å². The normalized spacial score (nSPS) is 15.1. The van der Waals surface area contributed by atoms with Crippen LogP contribution in [0.1, 0.15) is 21.9 Å². The summed E-state index contributed by atoms with van der Waals surface area (Å²) < 4.78 is 15.5. The van der Waals surface area contributed by atoms with Crippen molar-refractivity contribution in [1.29, 1.82) is 0 Å². The third kappa shape index (κ3) is 3.72. The molecule has 3 amide bonds. The third-order valence-electron chi connectivity index (χ3n) is 3.91. The maximum Gasteiger partial charge on any atom is 0.373 e. The molecule has 10 heteroatoms. The summed E-state index contributed by atoms with van der Waals surface area (Å²) in [4.78, 5) is 37.1. The van der Waals surface area contributed by atoms with E-state index in [2.05, 4.69) is 26.0 Å². The van der Waals surface area contributed by atoms with Crippen LogP contribution in [-0.2, 0) is 16.1 Å². The first-order valence-electron chi connectivity index (χ1n) is 7.92. The van der Waals surface area contributed by atoms with Crippen LogP contribution in [0.5, 0.6) is 11.5 Å². The molecule has 0 atom stereocenters. The molecular formula is C18H15BrN2O7. The van der Waals surface area contributed by atoms with Gasteiger partial charge < -0.3 is 24.3 Å². The summed E-state index contributed by atoms with van der Waals surface area (Å²) in [5.74, 6) is -1.04. The summed E-state index contributed by atoms with van der Waals surface area (Å²) in [7, 11) is 2.61. The number of nitrogens with one attached hydrogen (secondary N) is 1. The zero-order chi connectivity index (χ0) is 20.4. The quantitative estimate of drug-likeness (QED) is 0.408. The van der Waals surface area contributed by atoms with Crippen LogP contribution in [0, 0.1) is 0 Å². The number of phenols is 1. The second kappa shape index (κ2) is 7.77. The smallest absolute Gasteiger partial charge is 0.373 e. The van der Waals surface area contributed by atoms with Gasteiger partial charge in [-0.1, -0.05) is 15.9 Å². The van der Waals surface area contributed by atoms with E-state index in [0.717, 1.165) is 4.90 Å². The number of ether oxygens (including phenoxy) is 2. The van der Waals surface area contributed by atoms with Gasteiger partial charge in [0.2, 0.25) is 5.76 Å². The molecule has 28 heavy (non-hydrogen) atoms. The number of urea groups is 1. The molecule has 3 rings (SSSR count). The first kappa shape index (κ1) is 19.5. The molecule has 9 nitrogen and oxygen atoms in total. The topological polar surface area (TPSA) is 118 Å². The highest BCUT2D eigenvalue weighted by Crippen LogP contribution is 2.35. The number of amides is 3. The molecule has 0 saturated carbocycles. The van der Waals surface area contributed by atoms with Gasteiger partial charge in [-0.2, -0.15) is 0 Å². The number of imide groups is 1. The molecule has 0 spiro atoms. The number of rotatable bonds is 5. The monoisotopic (exact) mass is 450 g/mol. The number of furan rings is 1. The van der Waals surface area contributed by atoms with Crippen LogP contribution in [0.15, 0.2) is 38.9 Å². The maximum absolute atomic E-state index is 12.6. The van der Waals surface area contributed by atoms with E-state index in [1.165, 1.54) is 32.4 Å². The molecule has 1 aromatic carbocycles. The number of hydrogen-bond donors (Lipinski definition) is 2. The van der Waals surface area contributed by atoms with Crippen molar-refractivity contribution in [2.24, 2.45) is 0 Å². The summed E-state index contributed by atoms with van der Waals surface area (Å²) in [5.41, 5.74) is 0.253. The van der Waals surface area contributed by atoms with E-state index in [-0.39, 0.29) is 40.8 Å². The first-order valence-corrected chi connectivity index (χ1v) is 8.71. The molecule has 1 aromatic heterocycles. The van der Waals surface area contributed by atoms with Gasteiger partial charge in [-0.3, -0.25) is 9.69 Å². The SMILES string of the molecule is COC(=O)c1ccc(CN2C(=O)N/C(=C/c3cc(Br)cc(OC)c3O)C2=O)o1. The van der Waals surface area contributed by atoms with Crippen LogP contribution in [0.2, 0.25) is 0 Å². The molecule has 1 aliphatic heterocycles. The number of nitrogens with zero attached hydrogens (tertiary/aromatic N) is 1. The lowest BCUT2D eigenvalue weighted by Crippen LogP contribution is -2.30. The maximum atomic E-state index is 12.6. The van der Waals surface area contributed by atoms with Gasteiger partial charge >= 0.3 is 12.0 Å². The molecule has 0 unspecified atom stereocenters. The number of carbonyl (C=O) groups excluding carboxylic acids is 3. The van der Waals surface area contributed by atoms with Crippen molar-refractivity contribution in [3.05, 3.63) is 51.5 Å². The molecule has 0 radical (unpaired) electrons. The van der Waals surface area contributed by atoms with Gasteiger partial charge in [0.25, 0.3) is 5.91 Å². The van der Waals surface area contributed by atoms with Crippen molar-refractivity contribution >= 4 is 39.9 Å². The molecular weight excluding hydrogens is 436 g/mol. The number of methoxy groups -OCH3 is 2. The van der Waals surface area contributed by atoms with Crippen molar-refractivity contribution in [1.82, 2.24) is 10.2 Å². The lowest BCUT2D eigenvalue weighted by atomic mass is 10.1. The van der Waals surface area contributed by atoms with Crippen molar-refractivity contribution in [3.8, 4) is 11.5 Å². The number of benzene rings is 1. The predicted octanol–water partition coefficient (Wildman–Crippen LogP) is 2.64. The minimum atomic E-state index is -0.664. The Morgan fingerprint density at radius 3 is 2.75 bits per heavy atom. The molecule has 1 saturated heterocycles. The molecule has 1 aliphatic rings. The molecule has 2 aromatic rings. The molecule has 2 N–H and O–H groups in total. The van der Waals surface area contributed by atoms with Crippen LogP contribution < -0.4 is 10.1 Å². The van der Waals surface area contributed by atoms with Gasteiger partial charge in [0.05, 0.1) is 20.8 Å².